The van der Waals surface area contributed by atoms with Crippen LogP contribution in [0.3, 0.4) is 0 Å². The average molecular weight is 310 g/mol. The van der Waals surface area contributed by atoms with E-state index in [1.165, 1.54) is 32.1 Å². The summed E-state index contributed by atoms with van der Waals surface area (Å²) in [5.41, 5.74) is 1.34. The second-order valence-electron chi connectivity index (χ2n) is 5.79. The topological polar surface area (TPSA) is 42.0 Å². The van der Waals surface area contributed by atoms with Gasteiger partial charge in [0, 0.05) is 18.3 Å². The van der Waals surface area contributed by atoms with Crippen molar-refractivity contribution in [2.24, 2.45) is 0 Å². The van der Waals surface area contributed by atoms with Crippen molar-refractivity contribution in [1.29, 1.82) is 0 Å². The molecule has 0 amide bonds. The lowest BCUT2D eigenvalue weighted by Crippen LogP contribution is -2.10. The Morgan fingerprint density at radius 1 is 0.957 bits per heavy atom. The van der Waals surface area contributed by atoms with Crippen molar-refractivity contribution in [1.82, 2.24) is 4.98 Å². The molecule has 0 saturated heterocycles. The van der Waals surface area contributed by atoms with Crippen LogP contribution in [0.2, 0.25) is 0 Å². The zero-order valence-electron chi connectivity index (χ0n) is 13.9. The van der Waals surface area contributed by atoms with Crippen molar-refractivity contribution in [2.45, 2.75) is 45.4 Å². The Balaban J connectivity index is 1.89. The molecule has 3 nitrogen and oxygen atoms in total. The lowest BCUT2D eigenvalue weighted by molar-refractivity contribution is 0.103. The molecule has 0 fully saturated rings. The van der Waals surface area contributed by atoms with Crippen molar-refractivity contribution in [3.05, 3.63) is 59.8 Å². The van der Waals surface area contributed by atoms with Gasteiger partial charge in [0.2, 0.25) is 0 Å². The average Bonchev–Trinajstić information content (AvgIpc) is 2.61. The summed E-state index contributed by atoms with van der Waals surface area (Å²) in [4.78, 5) is 16.9. The standard InChI is InChI=1S/C20H26N2O/c1-2-3-4-5-6-10-15-21-20-18(14-11-16-22-20)19(23)17-12-8-7-9-13-17/h7-9,11-14,16H,2-6,10,15H2,1H3,(H,21,22). The highest BCUT2D eigenvalue weighted by molar-refractivity contribution is 6.11. The highest BCUT2D eigenvalue weighted by Gasteiger charge is 2.13. The molecule has 2 aromatic rings. The maximum absolute atomic E-state index is 12.6. The predicted octanol–water partition coefficient (Wildman–Crippen LogP) is 5.09. The Labute approximate surface area is 139 Å². The SMILES string of the molecule is CCCCCCCCNc1ncccc1C(=O)c1ccccc1. The summed E-state index contributed by atoms with van der Waals surface area (Å²) in [5.74, 6) is 0.707. The van der Waals surface area contributed by atoms with Crippen molar-refractivity contribution in [3.63, 3.8) is 0 Å². The van der Waals surface area contributed by atoms with Gasteiger partial charge < -0.3 is 5.32 Å². The molecule has 0 radical (unpaired) electrons. The van der Waals surface area contributed by atoms with Crippen LogP contribution in [0.4, 0.5) is 5.82 Å². The van der Waals surface area contributed by atoms with Gasteiger partial charge >= 0.3 is 0 Å². The van der Waals surface area contributed by atoms with Crippen molar-refractivity contribution in [2.75, 3.05) is 11.9 Å². The van der Waals surface area contributed by atoms with E-state index in [0.717, 1.165) is 13.0 Å². The molecule has 0 saturated carbocycles. The van der Waals surface area contributed by atoms with E-state index >= 15 is 0 Å². The van der Waals surface area contributed by atoms with Gasteiger partial charge in [-0.3, -0.25) is 4.79 Å². The molecular formula is C20H26N2O. The molecule has 0 bridgehead atoms. The van der Waals surface area contributed by atoms with E-state index in [0.29, 0.717) is 16.9 Å². The zero-order chi connectivity index (χ0) is 16.3. The van der Waals surface area contributed by atoms with Crippen LogP contribution < -0.4 is 5.32 Å². The van der Waals surface area contributed by atoms with Gasteiger partial charge in [-0.25, -0.2) is 4.98 Å². The molecule has 1 N–H and O–H groups in total. The molecule has 1 heterocycles. The minimum atomic E-state index is 0.0177. The first-order chi connectivity index (χ1) is 11.3. The molecule has 0 unspecified atom stereocenters. The second kappa shape index (κ2) is 9.78. The van der Waals surface area contributed by atoms with Gasteiger partial charge in [-0.15, -0.1) is 0 Å². The maximum Gasteiger partial charge on any atom is 0.196 e. The molecule has 0 atom stereocenters. The zero-order valence-corrected chi connectivity index (χ0v) is 13.9. The number of ketones is 1. The van der Waals surface area contributed by atoms with Crippen LogP contribution in [0.5, 0.6) is 0 Å². The van der Waals surface area contributed by atoms with Gasteiger partial charge in [-0.2, -0.15) is 0 Å². The van der Waals surface area contributed by atoms with Gasteiger partial charge in [0.1, 0.15) is 5.82 Å². The number of pyridine rings is 1. The monoisotopic (exact) mass is 310 g/mol. The van der Waals surface area contributed by atoms with E-state index in [1.807, 2.05) is 42.5 Å². The number of carbonyl (C=O) groups is 1. The predicted molar refractivity (Wildman–Crippen MR) is 96.0 cm³/mol. The minimum Gasteiger partial charge on any atom is -0.369 e. The first kappa shape index (κ1) is 17.2. The molecule has 0 spiro atoms. The number of anilines is 1. The van der Waals surface area contributed by atoms with Crippen LogP contribution in [0.15, 0.2) is 48.7 Å². The summed E-state index contributed by atoms with van der Waals surface area (Å²) in [6, 6.07) is 13.0. The normalized spacial score (nSPS) is 10.5. The third-order valence-electron chi connectivity index (χ3n) is 3.91. The Bertz CT molecular complexity index is 596. The van der Waals surface area contributed by atoms with Crippen LogP contribution in [0.25, 0.3) is 0 Å². The fourth-order valence-corrected chi connectivity index (χ4v) is 2.59. The number of aromatic nitrogens is 1. The lowest BCUT2D eigenvalue weighted by atomic mass is 10.0. The molecule has 1 aromatic heterocycles. The number of nitrogens with zero attached hydrogens (tertiary/aromatic N) is 1. The number of unbranched alkanes of at least 4 members (excludes halogenated alkanes) is 5. The molecule has 1 aromatic carbocycles. The number of nitrogens with one attached hydrogen (secondary N) is 1. The molecule has 0 aliphatic carbocycles. The summed E-state index contributed by atoms with van der Waals surface area (Å²) in [6.45, 7) is 3.09. The van der Waals surface area contributed by atoms with E-state index in [9.17, 15) is 4.79 Å². The van der Waals surface area contributed by atoms with Crippen LogP contribution >= 0.6 is 0 Å². The van der Waals surface area contributed by atoms with Crippen LogP contribution in [0.1, 0.15) is 61.4 Å². The highest BCUT2D eigenvalue weighted by Crippen LogP contribution is 2.17. The molecule has 0 aliphatic rings. The van der Waals surface area contributed by atoms with Crippen molar-refractivity contribution >= 4 is 11.6 Å². The minimum absolute atomic E-state index is 0.0177. The Kier molecular flexibility index (Phi) is 7.31. The van der Waals surface area contributed by atoms with Gasteiger partial charge in [-0.05, 0) is 18.6 Å². The first-order valence-electron chi connectivity index (χ1n) is 8.61. The third kappa shape index (κ3) is 5.51. The summed E-state index contributed by atoms with van der Waals surface area (Å²) in [6.07, 6.45) is 9.26. The van der Waals surface area contributed by atoms with Gasteiger partial charge in [0.25, 0.3) is 0 Å². The van der Waals surface area contributed by atoms with Gasteiger partial charge in [0.15, 0.2) is 5.78 Å². The number of carbonyl (C=O) groups excluding carboxylic acids is 1. The van der Waals surface area contributed by atoms with Gasteiger partial charge in [-0.1, -0.05) is 69.4 Å². The van der Waals surface area contributed by atoms with E-state index in [1.54, 1.807) is 6.20 Å². The Hall–Kier alpha value is -2.16. The molecule has 23 heavy (non-hydrogen) atoms. The quantitative estimate of drug-likeness (QED) is 0.491. The summed E-state index contributed by atoms with van der Waals surface area (Å²) in [7, 11) is 0. The van der Waals surface area contributed by atoms with Crippen LogP contribution in [0, 0.1) is 0 Å². The molecular weight excluding hydrogens is 284 g/mol. The smallest absolute Gasteiger partial charge is 0.196 e. The summed E-state index contributed by atoms with van der Waals surface area (Å²) < 4.78 is 0. The Morgan fingerprint density at radius 2 is 1.70 bits per heavy atom. The van der Waals surface area contributed by atoms with Crippen molar-refractivity contribution < 1.29 is 4.79 Å². The largest absolute Gasteiger partial charge is 0.369 e. The highest BCUT2D eigenvalue weighted by atomic mass is 16.1. The van der Waals surface area contributed by atoms with Crippen LogP contribution in [-0.4, -0.2) is 17.3 Å². The molecule has 2 rings (SSSR count). The number of hydrogen-bond donors (Lipinski definition) is 1. The third-order valence-corrected chi connectivity index (χ3v) is 3.91. The van der Waals surface area contributed by atoms with Crippen molar-refractivity contribution in [3.8, 4) is 0 Å². The van der Waals surface area contributed by atoms with E-state index in [4.69, 9.17) is 0 Å². The number of benzene rings is 1. The lowest BCUT2D eigenvalue weighted by Gasteiger charge is -2.10. The molecule has 0 aliphatic heterocycles. The molecule has 122 valence electrons. The fraction of sp³-hybridized carbons (Fsp3) is 0.400. The number of rotatable bonds is 10. The van der Waals surface area contributed by atoms with Gasteiger partial charge in [0.05, 0.1) is 5.56 Å². The van der Waals surface area contributed by atoms with E-state index in [2.05, 4.69) is 17.2 Å². The fourth-order valence-electron chi connectivity index (χ4n) is 2.59. The first-order valence-corrected chi connectivity index (χ1v) is 8.61. The van der Waals surface area contributed by atoms with Crippen LogP contribution in [-0.2, 0) is 0 Å². The Morgan fingerprint density at radius 3 is 2.48 bits per heavy atom. The molecule has 3 heteroatoms. The van der Waals surface area contributed by atoms with E-state index < -0.39 is 0 Å². The summed E-state index contributed by atoms with van der Waals surface area (Å²) >= 11 is 0. The summed E-state index contributed by atoms with van der Waals surface area (Å²) in [5, 5.41) is 3.32. The second-order valence-corrected chi connectivity index (χ2v) is 5.79. The van der Waals surface area contributed by atoms with E-state index in [-0.39, 0.29) is 5.78 Å². The maximum atomic E-state index is 12.6. The number of hydrogen-bond acceptors (Lipinski definition) is 3.